The normalized spacial score (nSPS) is 28.5. The van der Waals surface area contributed by atoms with Gasteiger partial charge in [-0.1, -0.05) is 11.6 Å². The topological polar surface area (TPSA) is 58.5 Å². The Balaban J connectivity index is 2.05. The smallest absolute Gasteiger partial charge is 0.153 e. The average molecular weight is 242 g/mol. The van der Waals surface area contributed by atoms with Crippen molar-refractivity contribution >= 4 is 17.3 Å². The van der Waals surface area contributed by atoms with Gasteiger partial charge in [0, 0.05) is 19.0 Å². The highest BCUT2D eigenvalue weighted by Gasteiger charge is 2.35. The van der Waals surface area contributed by atoms with E-state index in [1.807, 2.05) is 0 Å². The minimum Gasteiger partial charge on any atom is -0.387 e. The minimum absolute atomic E-state index is 0.219. The van der Waals surface area contributed by atoms with E-state index in [0.29, 0.717) is 30.5 Å². The fourth-order valence-electron chi connectivity index (χ4n) is 2.37. The largest absolute Gasteiger partial charge is 0.387 e. The Labute approximate surface area is 98.0 Å². The molecule has 0 aromatic carbocycles. The van der Waals surface area contributed by atoms with Crippen LogP contribution in [0.3, 0.4) is 0 Å². The van der Waals surface area contributed by atoms with E-state index < -0.39 is 6.10 Å². The van der Waals surface area contributed by atoms with Crippen LogP contribution in [-0.4, -0.2) is 41.1 Å². The van der Waals surface area contributed by atoms with Crippen LogP contribution in [0.15, 0.2) is 6.07 Å². The van der Waals surface area contributed by atoms with Crippen LogP contribution in [0.1, 0.15) is 18.2 Å². The first-order chi connectivity index (χ1) is 7.75. The van der Waals surface area contributed by atoms with Gasteiger partial charge < -0.3 is 14.7 Å². The molecule has 1 N–H and O–H groups in total. The van der Waals surface area contributed by atoms with Crippen molar-refractivity contribution in [1.29, 1.82) is 0 Å². The van der Waals surface area contributed by atoms with Crippen LogP contribution < -0.4 is 4.90 Å². The van der Waals surface area contributed by atoms with E-state index in [2.05, 4.69) is 15.1 Å². The molecule has 0 saturated carbocycles. The summed E-state index contributed by atoms with van der Waals surface area (Å²) in [4.78, 5) is 2.20. The molecule has 0 bridgehead atoms. The summed E-state index contributed by atoms with van der Waals surface area (Å²) >= 11 is 5.84. The lowest BCUT2D eigenvalue weighted by Gasteiger charge is -2.42. The van der Waals surface area contributed by atoms with Crippen molar-refractivity contribution in [1.82, 2.24) is 10.2 Å². The Kier molecular flexibility index (Phi) is 2.46. The molecule has 2 aliphatic rings. The van der Waals surface area contributed by atoms with E-state index >= 15 is 0 Å². The van der Waals surface area contributed by atoms with E-state index in [9.17, 15) is 5.11 Å². The number of nitrogens with zero attached hydrogens (tertiary/aromatic N) is 3. The number of anilines is 1. The number of halogens is 1. The molecule has 3 rings (SSSR count). The number of hydrogen-bond donors (Lipinski definition) is 1. The van der Waals surface area contributed by atoms with Gasteiger partial charge in [0.15, 0.2) is 5.15 Å². The van der Waals surface area contributed by atoms with E-state index in [4.69, 9.17) is 16.3 Å². The van der Waals surface area contributed by atoms with Crippen molar-refractivity contribution < 1.29 is 9.84 Å². The molecule has 86 valence electrons. The molecule has 16 heavy (non-hydrogen) atoms. The number of ether oxygens (including phenoxy) is 1. The number of aliphatic hydroxyl groups excluding tert-OH is 1. The molecule has 0 radical (unpaired) electrons. The second-order valence-corrected chi connectivity index (χ2v) is 4.50. The Morgan fingerprint density at radius 3 is 3.25 bits per heavy atom. The molecule has 1 saturated heterocycles. The summed E-state index contributed by atoms with van der Waals surface area (Å²) in [6.45, 7) is 2.16. The van der Waals surface area contributed by atoms with Crippen LogP contribution >= 0.6 is 11.6 Å². The van der Waals surface area contributed by atoms with Gasteiger partial charge in [-0.3, -0.25) is 0 Å². The fraction of sp³-hybridized carbons (Fsp3) is 0.600. The number of hydrogen-bond acceptors (Lipinski definition) is 5. The quantitative estimate of drug-likeness (QED) is 0.727. The van der Waals surface area contributed by atoms with E-state index in [0.717, 1.165) is 12.2 Å². The second-order valence-electron chi connectivity index (χ2n) is 4.11. The Morgan fingerprint density at radius 2 is 2.38 bits per heavy atom. The van der Waals surface area contributed by atoms with Gasteiger partial charge in [0.1, 0.15) is 11.8 Å². The van der Waals surface area contributed by atoms with Crippen molar-refractivity contribution in [2.75, 3.05) is 24.7 Å². The number of fused-ring (bicyclic) bond motifs is 3. The Bertz CT molecular complexity index is 415. The summed E-state index contributed by atoms with van der Waals surface area (Å²) in [5.41, 5.74) is 1.52. The van der Waals surface area contributed by atoms with Gasteiger partial charge >= 0.3 is 0 Å². The van der Waals surface area contributed by atoms with Crippen LogP contribution in [0.5, 0.6) is 0 Å². The monoisotopic (exact) mass is 241 g/mol. The molecule has 0 spiro atoms. The van der Waals surface area contributed by atoms with Crippen LogP contribution in [0.2, 0.25) is 5.15 Å². The first-order valence-electron chi connectivity index (χ1n) is 5.31. The fourth-order valence-corrected chi connectivity index (χ4v) is 2.51. The third kappa shape index (κ3) is 1.55. The van der Waals surface area contributed by atoms with Gasteiger partial charge in [0.2, 0.25) is 0 Å². The van der Waals surface area contributed by atoms with Crippen molar-refractivity contribution in [3.63, 3.8) is 0 Å². The first kappa shape index (κ1) is 10.3. The van der Waals surface area contributed by atoms with Crippen molar-refractivity contribution in [2.45, 2.75) is 18.6 Å². The number of aromatic nitrogens is 2. The highest BCUT2D eigenvalue weighted by Crippen LogP contribution is 2.37. The zero-order valence-corrected chi connectivity index (χ0v) is 9.39. The van der Waals surface area contributed by atoms with Gasteiger partial charge in [-0.15, -0.1) is 10.2 Å². The zero-order valence-electron chi connectivity index (χ0n) is 8.64. The third-order valence-electron chi connectivity index (χ3n) is 3.12. The SMILES string of the molecule is O[C@H]1C[C@H]2COCCN2c2cc(Cl)nnc21. The molecule has 2 aliphatic heterocycles. The number of rotatable bonds is 0. The lowest BCUT2D eigenvalue weighted by molar-refractivity contribution is 0.0593. The van der Waals surface area contributed by atoms with E-state index in [1.165, 1.54) is 0 Å². The number of aliphatic hydroxyl groups is 1. The minimum atomic E-state index is -0.567. The van der Waals surface area contributed by atoms with Crippen molar-refractivity contribution in [3.8, 4) is 0 Å². The van der Waals surface area contributed by atoms with E-state index in [1.54, 1.807) is 6.07 Å². The van der Waals surface area contributed by atoms with Crippen molar-refractivity contribution in [3.05, 3.63) is 16.9 Å². The van der Waals surface area contributed by atoms with Gasteiger partial charge in [-0.05, 0) is 0 Å². The Morgan fingerprint density at radius 1 is 1.50 bits per heavy atom. The third-order valence-corrected chi connectivity index (χ3v) is 3.30. The molecule has 2 atom stereocenters. The molecular formula is C10H12ClN3O2. The molecule has 1 aromatic heterocycles. The highest BCUT2D eigenvalue weighted by atomic mass is 35.5. The molecule has 5 nitrogen and oxygen atoms in total. The standard InChI is InChI=1S/C10H12ClN3O2/c11-9-4-7-10(13-12-9)8(15)3-6-5-16-2-1-14(6)7/h4,6,8,15H,1-3,5H2/t6-,8-/m0/s1. The predicted octanol–water partition coefficient (Wildman–Crippen LogP) is 0.772. The molecule has 1 fully saturated rings. The molecule has 6 heteroatoms. The lowest BCUT2D eigenvalue weighted by Crippen LogP contribution is -2.49. The average Bonchev–Trinajstić information content (AvgIpc) is 2.29. The second kappa shape index (κ2) is 3.84. The maximum atomic E-state index is 9.96. The molecule has 3 heterocycles. The van der Waals surface area contributed by atoms with Gasteiger partial charge in [-0.25, -0.2) is 0 Å². The molecule has 0 amide bonds. The molecule has 1 aromatic rings. The summed E-state index contributed by atoms with van der Waals surface area (Å²) in [6, 6.07) is 1.99. The van der Waals surface area contributed by atoms with Crippen LogP contribution in [-0.2, 0) is 4.74 Å². The maximum absolute atomic E-state index is 9.96. The van der Waals surface area contributed by atoms with Gasteiger partial charge in [0.25, 0.3) is 0 Å². The highest BCUT2D eigenvalue weighted by molar-refractivity contribution is 6.29. The predicted molar refractivity (Wildman–Crippen MR) is 58.6 cm³/mol. The molecular weight excluding hydrogens is 230 g/mol. The lowest BCUT2D eigenvalue weighted by atomic mass is 9.97. The van der Waals surface area contributed by atoms with Crippen LogP contribution in [0, 0.1) is 0 Å². The summed E-state index contributed by atoms with van der Waals surface area (Å²) in [6.07, 6.45) is 0.0752. The summed E-state index contributed by atoms with van der Waals surface area (Å²) in [7, 11) is 0. The van der Waals surface area contributed by atoms with Gasteiger partial charge in [-0.2, -0.15) is 0 Å². The first-order valence-corrected chi connectivity index (χ1v) is 5.69. The molecule has 0 aliphatic carbocycles. The van der Waals surface area contributed by atoms with Crippen molar-refractivity contribution in [2.24, 2.45) is 0 Å². The Hall–Kier alpha value is -0.910. The summed E-state index contributed by atoms with van der Waals surface area (Å²) in [5.74, 6) is 0. The van der Waals surface area contributed by atoms with Crippen LogP contribution in [0.25, 0.3) is 0 Å². The van der Waals surface area contributed by atoms with Gasteiger partial charge in [0.05, 0.1) is 24.9 Å². The summed E-state index contributed by atoms with van der Waals surface area (Å²) in [5, 5.41) is 18.1. The van der Waals surface area contributed by atoms with E-state index in [-0.39, 0.29) is 6.04 Å². The number of morpholine rings is 1. The summed E-state index contributed by atoms with van der Waals surface area (Å²) < 4.78 is 5.41. The molecule has 0 unspecified atom stereocenters. The zero-order chi connectivity index (χ0) is 11.1. The van der Waals surface area contributed by atoms with Crippen LogP contribution in [0.4, 0.5) is 5.69 Å². The maximum Gasteiger partial charge on any atom is 0.153 e.